The summed E-state index contributed by atoms with van der Waals surface area (Å²) in [6.45, 7) is 0. The minimum Gasteiger partial charge on any atom is -0.275 e. The third kappa shape index (κ3) is 2.17. The third-order valence-corrected chi connectivity index (χ3v) is 3.27. The van der Waals surface area contributed by atoms with Crippen molar-refractivity contribution in [2.24, 2.45) is 0 Å². The Kier molecular flexibility index (Phi) is 3.55. The molecule has 8 heteroatoms. The summed E-state index contributed by atoms with van der Waals surface area (Å²) in [6, 6.07) is 1.86. The molecule has 0 bridgehead atoms. The van der Waals surface area contributed by atoms with Gasteiger partial charge in [-0.3, -0.25) is 9.63 Å². The maximum Gasteiger partial charge on any atom is 0.292 e. The molecule has 88 valence electrons. The first-order valence-corrected chi connectivity index (χ1v) is 5.36. The van der Waals surface area contributed by atoms with E-state index >= 15 is 0 Å². The molecule has 0 unspecified atom stereocenters. The van der Waals surface area contributed by atoms with Gasteiger partial charge in [0.25, 0.3) is 10.0 Å². The zero-order valence-electron chi connectivity index (χ0n) is 8.05. The highest BCUT2D eigenvalue weighted by atomic mass is 32.2. The largest absolute Gasteiger partial charge is 0.292 e. The first-order chi connectivity index (χ1) is 7.43. The van der Waals surface area contributed by atoms with Gasteiger partial charge < -0.3 is 0 Å². The lowest BCUT2D eigenvalue weighted by atomic mass is 10.3. The van der Waals surface area contributed by atoms with E-state index in [2.05, 4.69) is 4.84 Å². The molecule has 0 spiro atoms. The minimum absolute atomic E-state index is 0.0662. The molecule has 1 rings (SSSR count). The van der Waals surface area contributed by atoms with Gasteiger partial charge >= 0.3 is 0 Å². The molecule has 0 heterocycles. The van der Waals surface area contributed by atoms with Crippen LogP contribution in [0.4, 0.5) is 8.78 Å². The Balaban J connectivity index is 3.32. The van der Waals surface area contributed by atoms with E-state index in [-0.39, 0.29) is 10.9 Å². The molecular formula is C8H7F2NO4S. The van der Waals surface area contributed by atoms with Crippen molar-refractivity contribution in [2.75, 3.05) is 7.11 Å². The molecule has 0 saturated heterocycles. The van der Waals surface area contributed by atoms with Gasteiger partial charge in [-0.25, -0.2) is 8.78 Å². The number of nitrogens with zero attached hydrogens (tertiary/aromatic N) is 1. The summed E-state index contributed by atoms with van der Waals surface area (Å²) in [7, 11) is -3.52. The molecule has 0 radical (unpaired) electrons. The van der Waals surface area contributed by atoms with Crippen molar-refractivity contribution < 1.29 is 26.8 Å². The summed E-state index contributed by atoms with van der Waals surface area (Å²) in [5.74, 6) is -2.23. The lowest BCUT2D eigenvalue weighted by Gasteiger charge is -2.14. The molecule has 0 aromatic heterocycles. The maximum atomic E-state index is 13.2. The fourth-order valence-corrected chi connectivity index (χ4v) is 2.03. The van der Waals surface area contributed by atoms with E-state index in [0.29, 0.717) is 12.1 Å². The van der Waals surface area contributed by atoms with Gasteiger partial charge in [-0.1, -0.05) is 0 Å². The number of hydrogen-bond donors (Lipinski definition) is 0. The molecule has 5 nitrogen and oxygen atoms in total. The average molecular weight is 251 g/mol. The lowest BCUT2D eigenvalue weighted by Crippen LogP contribution is -2.29. The minimum atomic E-state index is -4.45. The van der Waals surface area contributed by atoms with Gasteiger partial charge in [-0.2, -0.15) is 8.42 Å². The smallest absolute Gasteiger partial charge is 0.275 e. The van der Waals surface area contributed by atoms with E-state index in [0.717, 1.165) is 13.2 Å². The summed E-state index contributed by atoms with van der Waals surface area (Å²) >= 11 is 0. The van der Waals surface area contributed by atoms with E-state index in [9.17, 15) is 22.0 Å². The second-order valence-corrected chi connectivity index (χ2v) is 4.37. The van der Waals surface area contributed by atoms with Crippen LogP contribution in [0, 0.1) is 11.6 Å². The predicted molar refractivity (Wildman–Crippen MR) is 48.5 cm³/mol. The number of hydrogen-bond acceptors (Lipinski definition) is 4. The molecule has 0 aliphatic carbocycles. The van der Waals surface area contributed by atoms with Crippen molar-refractivity contribution in [3.63, 3.8) is 0 Å². The van der Waals surface area contributed by atoms with Crippen LogP contribution in [-0.2, 0) is 19.7 Å². The Hall–Kier alpha value is -1.54. The number of amides is 1. The van der Waals surface area contributed by atoms with E-state index in [1.54, 1.807) is 0 Å². The number of carbonyl (C=O) groups is 1. The maximum absolute atomic E-state index is 13.2. The van der Waals surface area contributed by atoms with Crippen LogP contribution in [0.1, 0.15) is 0 Å². The first kappa shape index (κ1) is 12.5. The monoisotopic (exact) mass is 251 g/mol. The number of benzene rings is 1. The number of sulfonamides is 1. The summed E-state index contributed by atoms with van der Waals surface area (Å²) < 4.78 is 48.7. The number of hydroxylamine groups is 1. The van der Waals surface area contributed by atoms with Gasteiger partial charge in [0.15, 0.2) is 0 Å². The van der Waals surface area contributed by atoms with E-state index in [1.165, 1.54) is 0 Å². The highest BCUT2D eigenvalue weighted by Crippen LogP contribution is 2.19. The van der Waals surface area contributed by atoms with Crippen molar-refractivity contribution in [2.45, 2.75) is 4.90 Å². The lowest BCUT2D eigenvalue weighted by molar-refractivity contribution is -0.137. The zero-order valence-corrected chi connectivity index (χ0v) is 8.87. The number of halogens is 2. The summed E-state index contributed by atoms with van der Waals surface area (Å²) in [5, 5.41) is 0. The topological polar surface area (TPSA) is 63.7 Å². The van der Waals surface area contributed by atoms with Crippen LogP contribution in [0.15, 0.2) is 23.1 Å². The summed E-state index contributed by atoms with van der Waals surface area (Å²) in [6.07, 6.45) is -0.141. The Morgan fingerprint density at radius 3 is 2.44 bits per heavy atom. The number of carbonyl (C=O) groups excluding carboxylic acids is 1. The highest BCUT2D eigenvalue weighted by Gasteiger charge is 2.26. The molecule has 0 fully saturated rings. The molecule has 16 heavy (non-hydrogen) atoms. The normalized spacial score (nSPS) is 11.2. The van der Waals surface area contributed by atoms with Crippen LogP contribution in [0.5, 0.6) is 0 Å². The molecular weight excluding hydrogens is 244 g/mol. The van der Waals surface area contributed by atoms with Crippen LogP contribution in [-0.4, -0.2) is 26.4 Å². The van der Waals surface area contributed by atoms with Crippen LogP contribution in [0.2, 0.25) is 0 Å². The highest BCUT2D eigenvalue weighted by molar-refractivity contribution is 7.89. The molecule has 1 amide bonds. The van der Waals surface area contributed by atoms with Gasteiger partial charge in [-0.05, 0) is 12.1 Å². The molecule has 0 aliphatic rings. The van der Waals surface area contributed by atoms with Crippen LogP contribution in [0.3, 0.4) is 0 Å². The van der Waals surface area contributed by atoms with Crippen molar-refractivity contribution in [1.82, 2.24) is 4.47 Å². The standard InChI is InChI=1S/C8H7F2NO4S/c1-15-11(5-12)16(13,14)8-3-2-6(9)4-7(8)10/h2-5H,1H3. The van der Waals surface area contributed by atoms with Gasteiger partial charge in [0, 0.05) is 6.07 Å². The second kappa shape index (κ2) is 4.54. The Bertz CT molecular complexity index is 503. The first-order valence-electron chi connectivity index (χ1n) is 3.92. The Labute approximate surface area is 90.2 Å². The predicted octanol–water partition coefficient (Wildman–Crippen LogP) is 0.673. The summed E-state index contributed by atoms with van der Waals surface area (Å²) in [4.78, 5) is 13.7. The average Bonchev–Trinajstić information content (AvgIpc) is 2.18. The van der Waals surface area contributed by atoms with E-state index < -0.39 is 26.6 Å². The molecule has 1 aromatic carbocycles. The van der Waals surface area contributed by atoms with Crippen molar-refractivity contribution in [3.8, 4) is 0 Å². The Morgan fingerprint density at radius 2 is 2.00 bits per heavy atom. The quantitative estimate of drug-likeness (QED) is 0.583. The molecule has 0 N–H and O–H groups in total. The molecule has 1 aromatic rings. The van der Waals surface area contributed by atoms with Crippen molar-refractivity contribution >= 4 is 16.4 Å². The third-order valence-electron chi connectivity index (χ3n) is 1.67. The fourth-order valence-electron chi connectivity index (χ4n) is 0.979. The molecule has 0 saturated carbocycles. The molecule has 0 atom stereocenters. The second-order valence-electron chi connectivity index (χ2n) is 2.62. The van der Waals surface area contributed by atoms with E-state index in [1.807, 2.05) is 0 Å². The Morgan fingerprint density at radius 1 is 1.38 bits per heavy atom. The van der Waals surface area contributed by atoms with Crippen LogP contribution >= 0.6 is 0 Å². The van der Waals surface area contributed by atoms with Gasteiger partial charge in [0.2, 0.25) is 6.41 Å². The van der Waals surface area contributed by atoms with Gasteiger partial charge in [0.05, 0.1) is 7.11 Å². The van der Waals surface area contributed by atoms with Crippen molar-refractivity contribution in [3.05, 3.63) is 29.8 Å². The molecule has 0 aliphatic heterocycles. The van der Waals surface area contributed by atoms with Gasteiger partial charge in [0.1, 0.15) is 16.5 Å². The van der Waals surface area contributed by atoms with Crippen LogP contribution < -0.4 is 0 Å². The number of rotatable bonds is 4. The van der Waals surface area contributed by atoms with E-state index in [4.69, 9.17) is 0 Å². The zero-order chi connectivity index (χ0) is 12.3. The van der Waals surface area contributed by atoms with Gasteiger partial charge in [-0.15, -0.1) is 4.47 Å². The summed E-state index contributed by atoms with van der Waals surface area (Å²) in [5.41, 5.74) is 0. The van der Waals surface area contributed by atoms with Crippen molar-refractivity contribution in [1.29, 1.82) is 0 Å². The SMILES string of the molecule is CON(C=O)S(=O)(=O)c1ccc(F)cc1F. The van der Waals surface area contributed by atoms with Crippen LogP contribution in [0.25, 0.3) is 0 Å². The fraction of sp³-hybridized carbons (Fsp3) is 0.125.